The predicted octanol–water partition coefficient (Wildman–Crippen LogP) is 4.12. The fraction of sp³-hybridized carbons (Fsp3) is 0.321. The molecule has 12 heteroatoms. The Kier molecular flexibility index (Phi) is 8.40. The van der Waals surface area contributed by atoms with Crippen molar-refractivity contribution in [1.82, 2.24) is 14.4 Å². The maximum atomic E-state index is 14.9. The highest BCUT2D eigenvalue weighted by Crippen LogP contribution is 2.27. The molecule has 0 spiro atoms. The van der Waals surface area contributed by atoms with Gasteiger partial charge in [0.15, 0.2) is 4.88 Å². The molecule has 0 aliphatic carbocycles. The number of aromatic nitrogens is 1. The molecule has 2 saturated heterocycles. The molecule has 2 atom stereocenters. The number of amides is 3. The molecular formula is C28H26ClFN5O4S+. The third kappa shape index (κ3) is 6.47. The summed E-state index contributed by atoms with van der Waals surface area (Å²) >= 11 is 7.05. The number of pyridine rings is 1. The largest absolute Gasteiger partial charge is 0.557 e. The minimum atomic E-state index is -0.673. The maximum Gasteiger partial charge on any atom is 0.557 e. The number of thiophene rings is 1. The Labute approximate surface area is 238 Å². The zero-order chi connectivity index (χ0) is 28.2. The van der Waals surface area contributed by atoms with Gasteiger partial charge < -0.3 is 10.2 Å². The predicted molar refractivity (Wildman–Crippen MR) is 151 cm³/mol. The second-order valence-corrected chi connectivity index (χ2v) is 11.4. The lowest BCUT2D eigenvalue weighted by atomic mass is 10.1. The summed E-state index contributed by atoms with van der Waals surface area (Å²) in [5.74, 6) is -1.68. The molecule has 0 radical (unpaired) electrons. The van der Waals surface area contributed by atoms with Gasteiger partial charge in [-0.3, -0.25) is 23.9 Å². The van der Waals surface area contributed by atoms with E-state index >= 15 is 0 Å². The van der Waals surface area contributed by atoms with Crippen molar-refractivity contribution >= 4 is 46.3 Å². The molecule has 0 bridgehead atoms. The topological polar surface area (TPSA) is 96.1 Å². The van der Waals surface area contributed by atoms with E-state index in [1.165, 1.54) is 29.0 Å². The summed E-state index contributed by atoms with van der Waals surface area (Å²) < 4.78 is 16.7. The van der Waals surface area contributed by atoms with Gasteiger partial charge in [-0.05, 0) is 43.2 Å². The van der Waals surface area contributed by atoms with Crippen molar-refractivity contribution in [2.75, 3.05) is 31.5 Å². The van der Waals surface area contributed by atoms with Crippen molar-refractivity contribution in [3.63, 3.8) is 0 Å². The number of hydrogen-bond acceptors (Lipinski definition) is 6. The van der Waals surface area contributed by atoms with Crippen LogP contribution in [-0.2, 0) is 9.59 Å². The average Bonchev–Trinajstić information content (AvgIpc) is 3.65. The third-order valence-corrected chi connectivity index (χ3v) is 8.16. The molecule has 2 aliphatic rings. The van der Waals surface area contributed by atoms with E-state index in [9.17, 15) is 23.6 Å². The van der Waals surface area contributed by atoms with E-state index < -0.39 is 17.6 Å². The Balaban J connectivity index is 1.27. The molecular weight excluding hydrogens is 557 g/mol. The molecule has 206 valence electrons. The molecule has 40 heavy (non-hydrogen) atoms. The molecule has 1 N–H and O–H groups in total. The SMILES string of the molecule is O=C(CN1CC(C#[N+]C(=O)c2ccc(Cl)s2)C[C@H]1CN1CCCC1=O)Nc1ccc(-n2ccccc2=O)cc1F. The number of benzene rings is 1. The summed E-state index contributed by atoms with van der Waals surface area (Å²) in [6.45, 7) is 1.48. The van der Waals surface area contributed by atoms with Crippen molar-refractivity contribution in [1.29, 1.82) is 0 Å². The van der Waals surface area contributed by atoms with Gasteiger partial charge in [-0.2, -0.15) is 4.79 Å². The molecule has 4 heterocycles. The van der Waals surface area contributed by atoms with E-state index in [0.717, 1.165) is 17.8 Å². The van der Waals surface area contributed by atoms with Gasteiger partial charge in [0, 0.05) is 55.3 Å². The first-order valence-electron chi connectivity index (χ1n) is 12.8. The number of hydrogen-bond donors (Lipinski definition) is 1. The highest BCUT2D eigenvalue weighted by molar-refractivity contribution is 7.18. The number of nitrogens with zero attached hydrogens (tertiary/aromatic N) is 4. The van der Waals surface area contributed by atoms with Crippen molar-refractivity contribution in [3.8, 4) is 11.8 Å². The Morgan fingerprint density at radius 1 is 1.18 bits per heavy atom. The van der Waals surface area contributed by atoms with E-state index in [1.807, 2.05) is 4.90 Å². The molecule has 2 aromatic heterocycles. The quantitative estimate of drug-likeness (QED) is 0.452. The van der Waals surface area contributed by atoms with Crippen LogP contribution in [0, 0.1) is 17.8 Å². The van der Waals surface area contributed by atoms with Crippen LogP contribution in [0.4, 0.5) is 10.1 Å². The highest BCUT2D eigenvalue weighted by atomic mass is 35.5. The van der Waals surface area contributed by atoms with Crippen LogP contribution in [0.5, 0.6) is 0 Å². The Hall–Kier alpha value is -3.85. The Bertz CT molecular complexity index is 1580. The molecule has 2 fully saturated rings. The minimum absolute atomic E-state index is 0.00641. The van der Waals surface area contributed by atoms with Crippen molar-refractivity contribution in [2.24, 2.45) is 5.92 Å². The standard InChI is InChI=1S/C28H25ClFN5O4S/c29-24-9-8-23(40-24)28(39)31-14-18-12-20(16-33-10-3-5-26(33)37)34(15-18)17-25(36)32-22-7-6-19(13-21(22)30)35-11-2-1-4-27(35)38/h1-2,4,6-9,11,13,18,20H,3,5,10,12,15-17H2/p+1/t18?,20-/m0/s1. The lowest BCUT2D eigenvalue weighted by Gasteiger charge is -2.27. The molecule has 9 nitrogen and oxygen atoms in total. The number of carbonyl (C=O) groups excluding carboxylic acids is 3. The first-order valence-corrected chi connectivity index (χ1v) is 14.0. The lowest BCUT2D eigenvalue weighted by molar-refractivity contribution is -0.128. The van der Waals surface area contributed by atoms with Gasteiger partial charge in [-0.1, -0.05) is 17.7 Å². The lowest BCUT2D eigenvalue weighted by Crippen LogP contribution is -2.43. The second-order valence-electron chi connectivity index (χ2n) is 9.73. The summed E-state index contributed by atoms with van der Waals surface area (Å²) in [5.41, 5.74) is 0.0344. The molecule has 0 saturated carbocycles. The van der Waals surface area contributed by atoms with E-state index in [0.29, 0.717) is 47.4 Å². The van der Waals surface area contributed by atoms with Crippen molar-refractivity contribution in [3.05, 3.63) is 85.0 Å². The van der Waals surface area contributed by atoms with Gasteiger partial charge in [0.25, 0.3) is 11.6 Å². The van der Waals surface area contributed by atoms with Gasteiger partial charge in [-0.15, -0.1) is 11.3 Å². The summed E-state index contributed by atoms with van der Waals surface area (Å²) in [6.07, 6.45) is 3.40. The van der Waals surface area contributed by atoms with Crippen LogP contribution < -0.4 is 10.9 Å². The van der Waals surface area contributed by atoms with Crippen molar-refractivity contribution in [2.45, 2.75) is 25.3 Å². The van der Waals surface area contributed by atoms with Gasteiger partial charge in [-0.25, -0.2) is 4.39 Å². The second kappa shape index (κ2) is 12.1. The van der Waals surface area contributed by atoms with E-state index in [4.69, 9.17) is 11.6 Å². The molecule has 2 aliphatic heterocycles. The number of nitrogens with one attached hydrogen (secondary N) is 1. The van der Waals surface area contributed by atoms with E-state index in [2.05, 4.69) is 16.2 Å². The van der Waals surface area contributed by atoms with Crippen LogP contribution in [0.3, 0.4) is 0 Å². The average molecular weight is 583 g/mol. The number of rotatable bonds is 7. The van der Waals surface area contributed by atoms with Gasteiger partial charge >= 0.3 is 5.91 Å². The number of likely N-dealkylation sites (tertiary alicyclic amines) is 2. The monoisotopic (exact) mass is 582 g/mol. The van der Waals surface area contributed by atoms with Crippen LogP contribution in [0.15, 0.2) is 59.5 Å². The summed E-state index contributed by atoms with van der Waals surface area (Å²) in [4.78, 5) is 57.8. The van der Waals surface area contributed by atoms with Gasteiger partial charge in [0.1, 0.15) is 11.7 Å². The highest BCUT2D eigenvalue weighted by Gasteiger charge is 2.38. The van der Waals surface area contributed by atoms with Crippen LogP contribution in [-0.4, -0.2) is 64.3 Å². The van der Waals surface area contributed by atoms with Crippen LogP contribution in [0.25, 0.3) is 10.5 Å². The van der Waals surface area contributed by atoms with Crippen LogP contribution >= 0.6 is 22.9 Å². The summed E-state index contributed by atoms with van der Waals surface area (Å²) in [7, 11) is 0. The fourth-order valence-electron chi connectivity index (χ4n) is 5.02. The zero-order valence-corrected chi connectivity index (χ0v) is 23.0. The van der Waals surface area contributed by atoms with E-state index in [1.54, 1.807) is 35.2 Å². The fourth-order valence-corrected chi connectivity index (χ4v) is 5.94. The van der Waals surface area contributed by atoms with Gasteiger partial charge in [0.05, 0.1) is 22.3 Å². The third-order valence-electron chi connectivity index (χ3n) is 6.94. The Morgan fingerprint density at radius 3 is 2.73 bits per heavy atom. The molecule has 3 aromatic rings. The van der Waals surface area contributed by atoms with Crippen LogP contribution in [0.2, 0.25) is 4.34 Å². The smallest absolute Gasteiger partial charge is 0.341 e. The zero-order valence-electron chi connectivity index (χ0n) is 21.4. The van der Waals surface area contributed by atoms with Gasteiger partial charge in [0.2, 0.25) is 11.8 Å². The first kappa shape index (κ1) is 27.7. The van der Waals surface area contributed by atoms with E-state index in [-0.39, 0.29) is 35.7 Å². The summed E-state index contributed by atoms with van der Waals surface area (Å²) in [6, 6.07) is 14.8. The molecule has 3 amide bonds. The molecule has 5 rings (SSSR count). The van der Waals surface area contributed by atoms with Crippen LogP contribution in [0.1, 0.15) is 28.9 Å². The number of anilines is 1. The normalized spacial score (nSPS) is 18.9. The first-order chi connectivity index (χ1) is 19.3. The summed E-state index contributed by atoms with van der Waals surface area (Å²) in [5, 5.41) is 2.61. The Morgan fingerprint density at radius 2 is 2.02 bits per heavy atom. The maximum absolute atomic E-state index is 14.9. The van der Waals surface area contributed by atoms with Crippen molar-refractivity contribution < 1.29 is 18.8 Å². The number of carbonyl (C=O) groups is 3. The molecule has 1 unspecified atom stereocenters. The molecule has 1 aromatic carbocycles. The minimum Gasteiger partial charge on any atom is -0.341 e. The number of halogens is 2.